The van der Waals surface area contributed by atoms with Crippen LogP contribution in [0.5, 0.6) is 0 Å². The SMILES string of the molecule is N[C@@H](Cc1ccccc1)C(=O)Cc1ccc(S(=O)(=O)O)cc1. The van der Waals surface area contributed by atoms with Gasteiger partial charge in [0, 0.05) is 6.42 Å². The van der Waals surface area contributed by atoms with Crippen LogP contribution in [0.25, 0.3) is 0 Å². The lowest BCUT2D eigenvalue weighted by Gasteiger charge is -2.11. The van der Waals surface area contributed by atoms with Crippen molar-refractivity contribution in [3.8, 4) is 0 Å². The zero-order chi connectivity index (χ0) is 16.2. The first-order valence-corrected chi connectivity index (χ1v) is 8.19. The van der Waals surface area contributed by atoms with E-state index >= 15 is 0 Å². The van der Waals surface area contributed by atoms with E-state index in [0.29, 0.717) is 12.0 Å². The van der Waals surface area contributed by atoms with Gasteiger partial charge in [-0.05, 0) is 29.7 Å². The predicted octanol–water partition coefficient (Wildman–Crippen LogP) is 1.61. The molecule has 0 aliphatic rings. The molecule has 2 aromatic carbocycles. The molecule has 6 heteroatoms. The predicted molar refractivity (Wildman–Crippen MR) is 83.1 cm³/mol. The maximum absolute atomic E-state index is 12.1. The fourth-order valence-electron chi connectivity index (χ4n) is 2.09. The fourth-order valence-corrected chi connectivity index (χ4v) is 2.57. The van der Waals surface area contributed by atoms with Crippen LogP contribution in [0.2, 0.25) is 0 Å². The van der Waals surface area contributed by atoms with E-state index in [1.807, 2.05) is 30.3 Å². The average Bonchev–Trinajstić information content (AvgIpc) is 2.48. The molecule has 0 radical (unpaired) electrons. The third kappa shape index (κ3) is 4.49. The highest BCUT2D eigenvalue weighted by Crippen LogP contribution is 2.12. The monoisotopic (exact) mass is 319 g/mol. The molecular weight excluding hydrogens is 302 g/mol. The molecule has 3 N–H and O–H groups in total. The van der Waals surface area contributed by atoms with E-state index in [0.717, 1.165) is 5.56 Å². The minimum atomic E-state index is -4.21. The molecule has 2 rings (SSSR count). The van der Waals surface area contributed by atoms with E-state index in [9.17, 15) is 13.2 Å². The van der Waals surface area contributed by atoms with Gasteiger partial charge >= 0.3 is 0 Å². The molecule has 0 bridgehead atoms. The van der Waals surface area contributed by atoms with Crippen molar-refractivity contribution in [2.75, 3.05) is 0 Å². The normalized spacial score (nSPS) is 12.8. The van der Waals surface area contributed by atoms with Crippen LogP contribution in [-0.2, 0) is 27.8 Å². The van der Waals surface area contributed by atoms with Gasteiger partial charge in [0.2, 0.25) is 0 Å². The summed E-state index contributed by atoms with van der Waals surface area (Å²) in [6, 6.07) is 14.4. The largest absolute Gasteiger partial charge is 0.321 e. The third-order valence-corrected chi connectivity index (χ3v) is 4.18. The zero-order valence-corrected chi connectivity index (χ0v) is 12.7. The highest BCUT2D eigenvalue weighted by molar-refractivity contribution is 7.85. The van der Waals surface area contributed by atoms with E-state index in [1.165, 1.54) is 24.3 Å². The van der Waals surface area contributed by atoms with Crippen LogP contribution in [-0.4, -0.2) is 24.8 Å². The number of carbonyl (C=O) groups excluding carboxylic acids is 1. The summed E-state index contributed by atoms with van der Waals surface area (Å²) in [5, 5.41) is 0. The molecule has 0 aliphatic carbocycles. The fraction of sp³-hybridized carbons (Fsp3) is 0.188. The van der Waals surface area contributed by atoms with E-state index in [1.54, 1.807) is 0 Å². The number of benzene rings is 2. The molecular formula is C16H17NO4S. The van der Waals surface area contributed by atoms with Gasteiger partial charge in [-0.15, -0.1) is 0 Å². The van der Waals surface area contributed by atoms with Crippen molar-refractivity contribution in [3.63, 3.8) is 0 Å². The summed E-state index contributed by atoms with van der Waals surface area (Å²) in [4.78, 5) is 11.9. The molecule has 116 valence electrons. The van der Waals surface area contributed by atoms with Gasteiger partial charge in [0.05, 0.1) is 10.9 Å². The molecule has 0 saturated carbocycles. The summed E-state index contributed by atoms with van der Waals surface area (Å²) in [6.07, 6.45) is 0.586. The number of hydrogen-bond donors (Lipinski definition) is 2. The van der Waals surface area contributed by atoms with Gasteiger partial charge in [-0.25, -0.2) is 0 Å². The molecule has 0 unspecified atom stereocenters. The summed E-state index contributed by atoms with van der Waals surface area (Å²) in [5.41, 5.74) is 7.56. The van der Waals surface area contributed by atoms with Crippen molar-refractivity contribution < 1.29 is 17.8 Å². The van der Waals surface area contributed by atoms with Crippen LogP contribution >= 0.6 is 0 Å². The van der Waals surface area contributed by atoms with E-state index < -0.39 is 16.2 Å². The second-order valence-corrected chi connectivity index (χ2v) is 6.48. The van der Waals surface area contributed by atoms with Gasteiger partial charge in [-0.3, -0.25) is 9.35 Å². The standard InChI is InChI=1S/C16H17NO4S/c17-15(10-12-4-2-1-3-5-12)16(18)11-13-6-8-14(9-7-13)22(19,20)21/h1-9,15H,10-11,17H2,(H,19,20,21)/t15-/m0/s1. The maximum atomic E-state index is 12.1. The molecule has 0 aromatic heterocycles. The number of nitrogens with two attached hydrogens (primary N) is 1. The van der Waals surface area contributed by atoms with Crippen LogP contribution < -0.4 is 5.73 Å². The minimum absolute atomic E-state index is 0.122. The second-order valence-electron chi connectivity index (χ2n) is 5.06. The first-order valence-electron chi connectivity index (χ1n) is 6.75. The van der Waals surface area contributed by atoms with Gasteiger partial charge in [-0.1, -0.05) is 42.5 Å². The van der Waals surface area contributed by atoms with Crippen molar-refractivity contribution in [2.24, 2.45) is 5.73 Å². The molecule has 0 saturated heterocycles. The molecule has 2 aromatic rings. The molecule has 0 aliphatic heterocycles. The Kier molecular flexibility index (Phi) is 5.07. The smallest absolute Gasteiger partial charge is 0.294 e. The van der Waals surface area contributed by atoms with Gasteiger partial charge in [-0.2, -0.15) is 8.42 Å². The Labute approximate surface area is 129 Å². The average molecular weight is 319 g/mol. The van der Waals surface area contributed by atoms with Crippen LogP contribution in [0, 0.1) is 0 Å². The van der Waals surface area contributed by atoms with Crippen LogP contribution in [0.1, 0.15) is 11.1 Å². The molecule has 0 fully saturated rings. The highest BCUT2D eigenvalue weighted by Gasteiger charge is 2.15. The van der Waals surface area contributed by atoms with Crippen LogP contribution in [0.15, 0.2) is 59.5 Å². The van der Waals surface area contributed by atoms with Crippen molar-refractivity contribution in [1.29, 1.82) is 0 Å². The Balaban J connectivity index is 1.99. The van der Waals surface area contributed by atoms with Crippen molar-refractivity contribution in [1.82, 2.24) is 0 Å². The van der Waals surface area contributed by atoms with Crippen LogP contribution in [0.4, 0.5) is 0 Å². The Morgan fingerprint density at radius 2 is 1.59 bits per heavy atom. The number of carbonyl (C=O) groups is 1. The second kappa shape index (κ2) is 6.83. The lowest BCUT2D eigenvalue weighted by molar-refractivity contribution is -0.119. The number of Topliss-reactive ketones (excluding diaryl/α,β-unsaturated/α-hetero) is 1. The van der Waals surface area contributed by atoms with Gasteiger partial charge < -0.3 is 5.73 Å². The van der Waals surface area contributed by atoms with Gasteiger partial charge in [0.25, 0.3) is 10.1 Å². The van der Waals surface area contributed by atoms with E-state index in [-0.39, 0.29) is 17.1 Å². The molecule has 0 heterocycles. The zero-order valence-electron chi connectivity index (χ0n) is 11.8. The molecule has 22 heavy (non-hydrogen) atoms. The Morgan fingerprint density at radius 3 is 2.14 bits per heavy atom. The van der Waals surface area contributed by atoms with Gasteiger partial charge in [0.15, 0.2) is 5.78 Å². The Bertz CT molecular complexity index is 739. The van der Waals surface area contributed by atoms with Gasteiger partial charge in [0.1, 0.15) is 0 Å². The first kappa shape index (κ1) is 16.4. The highest BCUT2D eigenvalue weighted by atomic mass is 32.2. The summed E-state index contributed by atoms with van der Waals surface area (Å²) in [6.45, 7) is 0. The van der Waals surface area contributed by atoms with Crippen molar-refractivity contribution in [2.45, 2.75) is 23.8 Å². The quantitative estimate of drug-likeness (QED) is 0.788. The van der Waals surface area contributed by atoms with E-state index in [2.05, 4.69) is 0 Å². The molecule has 5 nitrogen and oxygen atoms in total. The number of rotatable bonds is 6. The minimum Gasteiger partial charge on any atom is -0.321 e. The summed E-state index contributed by atoms with van der Waals surface area (Å²) < 4.78 is 30.8. The molecule has 0 spiro atoms. The molecule has 1 atom stereocenters. The summed E-state index contributed by atoms with van der Waals surface area (Å²) in [5.74, 6) is -0.122. The van der Waals surface area contributed by atoms with E-state index in [4.69, 9.17) is 10.3 Å². The third-order valence-electron chi connectivity index (χ3n) is 3.31. The number of hydrogen-bond acceptors (Lipinski definition) is 4. The van der Waals surface area contributed by atoms with Crippen molar-refractivity contribution >= 4 is 15.9 Å². The lowest BCUT2D eigenvalue weighted by atomic mass is 9.98. The Hall–Kier alpha value is -2.02. The summed E-state index contributed by atoms with van der Waals surface area (Å²) >= 11 is 0. The van der Waals surface area contributed by atoms with Crippen molar-refractivity contribution in [3.05, 3.63) is 65.7 Å². The lowest BCUT2D eigenvalue weighted by Crippen LogP contribution is -2.33. The number of ketones is 1. The van der Waals surface area contributed by atoms with Crippen LogP contribution in [0.3, 0.4) is 0 Å². The first-order chi connectivity index (χ1) is 10.4. The Morgan fingerprint density at radius 1 is 1.00 bits per heavy atom. The summed E-state index contributed by atoms with van der Waals surface area (Å²) in [7, 11) is -4.21. The maximum Gasteiger partial charge on any atom is 0.294 e. The molecule has 0 amide bonds. The topological polar surface area (TPSA) is 97.5 Å².